The van der Waals surface area contributed by atoms with Crippen LogP contribution in [0, 0.1) is 0 Å². The minimum absolute atomic E-state index is 0.331. The molecule has 2 N–H and O–H groups in total. The lowest BCUT2D eigenvalue weighted by Gasteiger charge is -2.14. The van der Waals surface area contributed by atoms with Crippen LogP contribution < -0.4 is 0 Å². The van der Waals surface area contributed by atoms with Gasteiger partial charge in [-0.1, -0.05) is 0 Å². The molecule has 0 saturated carbocycles. The van der Waals surface area contributed by atoms with Crippen LogP contribution in [0.1, 0.15) is 20.8 Å². The average molecular weight is 263 g/mol. The zero-order valence-electron chi connectivity index (χ0n) is 8.95. The number of hydrogen-bond donors (Lipinski definition) is 2. The van der Waals surface area contributed by atoms with Crippen LogP contribution in [0.25, 0.3) is 0 Å². The van der Waals surface area contributed by atoms with Gasteiger partial charge in [-0.25, -0.2) is 4.57 Å². The van der Waals surface area contributed by atoms with E-state index in [0.29, 0.717) is 19.8 Å². The Balaban J connectivity index is 0. The van der Waals surface area contributed by atoms with Gasteiger partial charge >= 0.3 is 16.1 Å². The molecule has 9 heteroatoms. The molecule has 0 saturated heterocycles. The zero-order chi connectivity index (χ0) is 12.3. The summed E-state index contributed by atoms with van der Waals surface area (Å²) < 4.78 is 34.5. The molecule has 0 bridgehead atoms. The first kappa shape index (κ1) is 17.5. The van der Waals surface area contributed by atoms with Crippen molar-refractivity contribution in [2.75, 3.05) is 19.8 Å². The van der Waals surface area contributed by atoms with Crippen LogP contribution in [-0.2, 0) is 22.7 Å². The highest BCUT2D eigenvalue weighted by Crippen LogP contribution is 2.48. The molecule has 0 amide bonds. The highest BCUT2D eigenvalue weighted by Gasteiger charge is 2.23. The van der Waals surface area contributed by atoms with Gasteiger partial charge in [-0.3, -0.25) is 13.6 Å². The van der Waals surface area contributed by atoms with E-state index in [1.165, 1.54) is 0 Å². The predicted molar refractivity (Wildman–Crippen MR) is 54.5 cm³/mol. The molecular formula is C6H17O7P2+. The SMILES string of the molecule is CCOP(=O)(OCC)OCC.O=[P+](O)O. The third kappa shape index (κ3) is 14.1. The van der Waals surface area contributed by atoms with Crippen LogP contribution in [0.5, 0.6) is 0 Å². The van der Waals surface area contributed by atoms with Crippen molar-refractivity contribution in [2.45, 2.75) is 20.8 Å². The second-order valence-corrected chi connectivity index (χ2v) is 4.13. The third-order valence-corrected chi connectivity index (χ3v) is 2.58. The largest absolute Gasteiger partial charge is 0.692 e. The average Bonchev–Trinajstić information content (AvgIpc) is 2.03. The van der Waals surface area contributed by atoms with Gasteiger partial charge in [0, 0.05) is 4.57 Å². The molecule has 0 aromatic carbocycles. The van der Waals surface area contributed by atoms with E-state index in [2.05, 4.69) is 0 Å². The van der Waals surface area contributed by atoms with E-state index >= 15 is 0 Å². The first-order valence-corrected chi connectivity index (χ1v) is 6.93. The predicted octanol–water partition coefficient (Wildman–Crippen LogP) is 1.83. The van der Waals surface area contributed by atoms with Gasteiger partial charge in [0.15, 0.2) is 0 Å². The van der Waals surface area contributed by atoms with Crippen LogP contribution in [-0.4, -0.2) is 29.6 Å². The lowest BCUT2D eigenvalue weighted by atomic mass is 10.9. The maximum atomic E-state index is 11.3. The lowest BCUT2D eigenvalue weighted by molar-refractivity contribution is 0.126. The summed E-state index contributed by atoms with van der Waals surface area (Å²) in [6, 6.07) is 0. The summed E-state index contributed by atoms with van der Waals surface area (Å²) in [7, 11) is -6.09. The fraction of sp³-hybridized carbons (Fsp3) is 1.00. The van der Waals surface area contributed by atoms with Gasteiger partial charge in [0.2, 0.25) is 0 Å². The third-order valence-electron chi connectivity index (χ3n) is 0.862. The molecule has 0 spiro atoms. The van der Waals surface area contributed by atoms with Crippen molar-refractivity contribution in [2.24, 2.45) is 0 Å². The van der Waals surface area contributed by atoms with E-state index in [1.54, 1.807) is 20.8 Å². The summed E-state index contributed by atoms with van der Waals surface area (Å²) in [6.07, 6.45) is 0. The monoisotopic (exact) mass is 263 g/mol. The molecule has 0 fully saturated rings. The minimum atomic E-state index is -3.22. The van der Waals surface area contributed by atoms with Crippen LogP contribution in [0.3, 0.4) is 0 Å². The molecule has 0 unspecified atom stereocenters. The fourth-order valence-electron chi connectivity index (χ4n) is 0.586. The van der Waals surface area contributed by atoms with Crippen molar-refractivity contribution in [3.05, 3.63) is 0 Å². The summed E-state index contributed by atoms with van der Waals surface area (Å²) in [5.41, 5.74) is 0. The maximum Gasteiger partial charge on any atom is 0.692 e. The van der Waals surface area contributed by atoms with Crippen molar-refractivity contribution in [1.82, 2.24) is 0 Å². The molecule has 0 aliphatic heterocycles. The van der Waals surface area contributed by atoms with Crippen LogP contribution >= 0.6 is 16.1 Å². The molecule has 92 valence electrons. The Hall–Kier alpha value is 0.130. The summed E-state index contributed by atoms with van der Waals surface area (Å²) in [4.78, 5) is 14.2. The molecule has 0 radical (unpaired) electrons. The zero-order valence-corrected chi connectivity index (χ0v) is 10.7. The quantitative estimate of drug-likeness (QED) is 0.704. The Morgan fingerprint density at radius 3 is 1.33 bits per heavy atom. The van der Waals surface area contributed by atoms with Crippen molar-refractivity contribution in [1.29, 1.82) is 0 Å². The van der Waals surface area contributed by atoms with Crippen LogP contribution in [0.4, 0.5) is 0 Å². The lowest BCUT2D eigenvalue weighted by Crippen LogP contribution is -1.99. The Morgan fingerprint density at radius 1 is 1.00 bits per heavy atom. The standard InChI is InChI=1S/C6H15O4P.HO3P/c1-4-8-11(7,9-5-2)10-6-3;1-4(2)3/h4-6H2,1-3H3;(H-,1,2,3)/p+1. The Bertz CT molecular complexity index is 180. The van der Waals surface area contributed by atoms with Crippen molar-refractivity contribution in [3.63, 3.8) is 0 Å². The smallest absolute Gasteiger partial charge is 0.287 e. The fourth-order valence-corrected chi connectivity index (χ4v) is 1.76. The van der Waals surface area contributed by atoms with Gasteiger partial charge in [0.1, 0.15) is 0 Å². The van der Waals surface area contributed by atoms with Gasteiger partial charge < -0.3 is 0 Å². The van der Waals surface area contributed by atoms with E-state index in [0.717, 1.165) is 0 Å². The van der Waals surface area contributed by atoms with Crippen molar-refractivity contribution in [3.8, 4) is 0 Å². The molecule has 0 heterocycles. The van der Waals surface area contributed by atoms with E-state index in [-0.39, 0.29) is 0 Å². The molecule has 0 aromatic heterocycles. The summed E-state index contributed by atoms with van der Waals surface area (Å²) in [5, 5.41) is 0. The molecule has 0 rings (SSSR count). The number of rotatable bonds is 6. The highest BCUT2D eigenvalue weighted by atomic mass is 31.2. The van der Waals surface area contributed by atoms with Gasteiger partial charge in [0.25, 0.3) is 0 Å². The summed E-state index contributed by atoms with van der Waals surface area (Å²) in [6.45, 7) is 6.21. The Labute approximate surface area is 89.9 Å². The molecule has 15 heavy (non-hydrogen) atoms. The molecular weight excluding hydrogens is 246 g/mol. The molecule has 7 nitrogen and oxygen atoms in total. The second kappa shape index (κ2) is 10.6. The molecule has 0 aromatic rings. The van der Waals surface area contributed by atoms with Crippen molar-refractivity contribution < 1.29 is 32.5 Å². The normalized spacial score (nSPS) is 10.5. The molecule has 0 aliphatic carbocycles. The Morgan fingerprint density at radius 2 is 1.20 bits per heavy atom. The highest BCUT2D eigenvalue weighted by molar-refractivity contribution is 7.48. The second-order valence-electron chi connectivity index (χ2n) is 1.95. The van der Waals surface area contributed by atoms with E-state index in [1.807, 2.05) is 0 Å². The first-order chi connectivity index (χ1) is 6.91. The van der Waals surface area contributed by atoms with Crippen LogP contribution in [0.2, 0.25) is 0 Å². The summed E-state index contributed by atoms with van der Waals surface area (Å²) in [5.74, 6) is 0. The topological polar surface area (TPSA) is 102 Å². The van der Waals surface area contributed by atoms with Crippen LogP contribution in [0.15, 0.2) is 0 Å². The molecule has 0 atom stereocenters. The van der Waals surface area contributed by atoms with Crippen molar-refractivity contribution >= 4 is 16.1 Å². The first-order valence-electron chi connectivity index (χ1n) is 4.30. The number of hydrogen-bond acceptors (Lipinski definition) is 5. The van der Waals surface area contributed by atoms with Gasteiger partial charge in [-0.2, -0.15) is 0 Å². The minimum Gasteiger partial charge on any atom is -0.287 e. The van der Waals surface area contributed by atoms with E-state index in [9.17, 15) is 4.57 Å². The van der Waals surface area contributed by atoms with Gasteiger partial charge in [-0.15, -0.1) is 9.79 Å². The Kier molecular flexibility index (Phi) is 12.4. The summed E-state index contributed by atoms with van der Waals surface area (Å²) >= 11 is 0. The van der Waals surface area contributed by atoms with Gasteiger partial charge in [-0.05, 0) is 20.8 Å². The maximum absolute atomic E-state index is 11.3. The number of phosphoric acid groups is 1. The van der Waals surface area contributed by atoms with E-state index in [4.69, 9.17) is 27.9 Å². The van der Waals surface area contributed by atoms with E-state index < -0.39 is 16.1 Å². The molecule has 0 aliphatic rings. The number of phosphoric ester groups is 1. The van der Waals surface area contributed by atoms with Gasteiger partial charge in [0.05, 0.1) is 19.8 Å².